The lowest BCUT2D eigenvalue weighted by Gasteiger charge is -1.31. The number of hydrogen-bond acceptors (Lipinski definition) is 1. The maximum atomic E-state index is 7.51. The molecule has 0 aliphatic carbocycles. The molecule has 0 heterocycles. The largest absolute Gasteiger partial charge is 0.193 e. The molecule has 3 heteroatoms. The van der Waals surface area contributed by atoms with Crippen LogP contribution < -0.4 is 0 Å². The van der Waals surface area contributed by atoms with Gasteiger partial charge in [0.25, 0.3) is 0 Å². The van der Waals surface area contributed by atoms with Gasteiger partial charge in [-0.15, -0.1) is 12.4 Å². The fourth-order valence-corrected chi connectivity index (χ4v) is 0. The summed E-state index contributed by atoms with van der Waals surface area (Å²) in [7, 11) is 0. The molecule has 0 saturated heterocycles. The normalized spacial score (nSPS) is 3.50. The van der Waals surface area contributed by atoms with Crippen molar-refractivity contribution in [3.8, 4) is 6.07 Å². The monoisotopic (exact) mass is 151 g/mol. The van der Waals surface area contributed by atoms with Crippen LogP contribution in [0.4, 0.5) is 0 Å². The molecule has 1 nitrogen and oxygen atoms in total. The topological polar surface area (TPSA) is 23.8 Å². The fourth-order valence-electron chi connectivity index (χ4n) is 0. The lowest BCUT2D eigenvalue weighted by atomic mass is 10.8. The highest BCUT2D eigenvalue weighted by Crippen LogP contribution is 1.60. The first-order valence-corrected chi connectivity index (χ1v) is 1.98. The Morgan fingerprint density at radius 1 is 1.50 bits per heavy atom. The lowest BCUT2D eigenvalue weighted by Crippen LogP contribution is -1.23. The molecule has 0 aromatic carbocycles. The van der Waals surface area contributed by atoms with E-state index in [2.05, 4.69) is 13.2 Å². The van der Waals surface area contributed by atoms with Gasteiger partial charge in [-0.2, -0.15) is 5.26 Å². The van der Waals surface area contributed by atoms with Gasteiger partial charge in [0.2, 0.25) is 0 Å². The van der Waals surface area contributed by atoms with E-state index in [1.54, 1.807) is 6.07 Å². The summed E-state index contributed by atoms with van der Waals surface area (Å²) in [4.78, 5) is 0. The van der Waals surface area contributed by atoms with Crippen LogP contribution >= 0.6 is 24.0 Å². The maximum Gasteiger partial charge on any atom is 0.0905 e. The molecule has 0 atom stereocenters. The molecule has 0 aliphatic rings. The summed E-state index contributed by atoms with van der Waals surface area (Å²) < 4.78 is 0. The summed E-state index contributed by atoms with van der Waals surface area (Å²) in [5, 5.41) is 7.51. The van der Waals surface area contributed by atoms with Crippen LogP contribution in [0.5, 0.6) is 0 Å². The summed E-state index contributed by atoms with van der Waals surface area (Å²) in [5.41, 5.74) is 1.22. The van der Waals surface area contributed by atoms with E-state index in [1.165, 1.54) is 11.6 Å². The van der Waals surface area contributed by atoms with E-state index in [9.17, 15) is 0 Å². The van der Waals surface area contributed by atoms with E-state index < -0.39 is 0 Å². The van der Waals surface area contributed by atoms with E-state index >= 15 is 0 Å². The standard InChI is InChI=1S/C3H3N.C2H3Cl.ClH/c1-2-3-4;1-2-3;/h2H,1H2;2H,1H2;1H. The van der Waals surface area contributed by atoms with E-state index in [4.69, 9.17) is 16.9 Å². The van der Waals surface area contributed by atoms with E-state index in [0.29, 0.717) is 0 Å². The van der Waals surface area contributed by atoms with Crippen LogP contribution in [0, 0.1) is 11.3 Å². The number of halogens is 2. The van der Waals surface area contributed by atoms with Gasteiger partial charge in [0, 0.05) is 6.08 Å². The Morgan fingerprint density at radius 3 is 1.62 bits per heavy atom. The zero-order valence-electron chi connectivity index (χ0n) is 4.30. The zero-order valence-corrected chi connectivity index (χ0v) is 5.87. The van der Waals surface area contributed by atoms with Crippen molar-refractivity contribution in [2.45, 2.75) is 0 Å². The van der Waals surface area contributed by atoms with Crippen molar-refractivity contribution in [3.05, 3.63) is 24.8 Å². The molecule has 0 aliphatic heterocycles. The molecule has 0 unspecified atom stereocenters. The van der Waals surface area contributed by atoms with Gasteiger partial charge < -0.3 is 0 Å². The molecular weight excluding hydrogens is 145 g/mol. The van der Waals surface area contributed by atoms with Crippen LogP contribution in [0.3, 0.4) is 0 Å². The second kappa shape index (κ2) is 31.0. The lowest BCUT2D eigenvalue weighted by molar-refractivity contribution is 1.54. The van der Waals surface area contributed by atoms with Crippen LogP contribution in [0.15, 0.2) is 24.8 Å². The SMILES string of the molecule is C=CC#N.C=CCl.Cl. The summed E-state index contributed by atoms with van der Waals surface area (Å²) in [6, 6.07) is 1.69. The molecule has 46 valence electrons. The quantitative estimate of drug-likeness (QED) is 0.489. The summed E-state index contributed by atoms with van der Waals surface area (Å²) in [6.45, 7) is 6.24. The first-order valence-electron chi connectivity index (χ1n) is 1.55. The first kappa shape index (κ1) is 15.6. The third-order valence-electron chi connectivity index (χ3n) is 0.0913. The fraction of sp³-hybridized carbons (Fsp3) is 0. The number of nitriles is 1. The Hall–Kier alpha value is -0.450. The van der Waals surface area contributed by atoms with Crippen molar-refractivity contribution in [1.82, 2.24) is 0 Å². The third kappa shape index (κ3) is 380. The first-order chi connectivity index (χ1) is 3.33. The third-order valence-corrected chi connectivity index (χ3v) is 0.0913. The van der Waals surface area contributed by atoms with E-state index in [1.807, 2.05) is 0 Å². The van der Waals surface area contributed by atoms with Gasteiger partial charge in [0.1, 0.15) is 0 Å². The molecule has 0 amide bonds. The molecule has 0 spiro atoms. The summed E-state index contributed by atoms with van der Waals surface area (Å²) in [5.74, 6) is 0. The van der Waals surface area contributed by atoms with Crippen molar-refractivity contribution >= 4 is 24.0 Å². The smallest absolute Gasteiger partial charge is 0.0905 e. The van der Waals surface area contributed by atoms with Crippen molar-refractivity contribution in [2.75, 3.05) is 0 Å². The van der Waals surface area contributed by atoms with E-state index in [-0.39, 0.29) is 12.4 Å². The number of allylic oxidation sites excluding steroid dienone is 1. The average molecular weight is 152 g/mol. The molecule has 0 radical (unpaired) electrons. The molecule has 0 bridgehead atoms. The van der Waals surface area contributed by atoms with Crippen molar-refractivity contribution in [2.24, 2.45) is 0 Å². The van der Waals surface area contributed by atoms with Crippen LogP contribution in [0.25, 0.3) is 0 Å². The Kier molecular flexibility index (Phi) is 60.7. The van der Waals surface area contributed by atoms with Gasteiger partial charge in [-0.1, -0.05) is 24.8 Å². The Bertz CT molecular complexity index is 82.9. The van der Waals surface area contributed by atoms with Crippen LogP contribution in [0.1, 0.15) is 0 Å². The minimum absolute atomic E-state index is 0. The Balaban J connectivity index is -0.0000000575. The Labute approximate surface area is 60.7 Å². The predicted molar refractivity (Wildman–Crippen MR) is 39.1 cm³/mol. The molecule has 0 N–H and O–H groups in total. The van der Waals surface area contributed by atoms with Crippen molar-refractivity contribution in [3.63, 3.8) is 0 Å². The number of hydrogen-bond donors (Lipinski definition) is 0. The highest BCUT2D eigenvalue weighted by molar-refractivity contribution is 6.25. The molecule has 0 fully saturated rings. The number of nitrogens with zero attached hydrogens (tertiary/aromatic N) is 1. The van der Waals surface area contributed by atoms with Gasteiger partial charge >= 0.3 is 0 Å². The minimum atomic E-state index is 0. The van der Waals surface area contributed by atoms with Gasteiger partial charge in [-0.25, -0.2) is 0 Å². The van der Waals surface area contributed by atoms with Crippen LogP contribution in [0.2, 0.25) is 0 Å². The summed E-state index contributed by atoms with van der Waals surface area (Å²) in [6.07, 6.45) is 1.18. The molecular formula is C5H7Cl2N. The van der Waals surface area contributed by atoms with Gasteiger partial charge in [-0.05, 0) is 5.54 Å². The second-order valence-electron chi connectivity index (χ2n) is 0.488. The highest BCUT2D eigenvalue weighted by Gasteiger charge is 1.34. The van der Waals surface area contributed by atoms with Crippen molar-refractivity contribution in [1.29, 1.82) is 5.26 Å². The number of rotatable bonds is 0. The maximum absolute atomic E-state index is 7.51. The molecule has 0 aromatic heterocycles. The molecule has 8 heavy (non-hydrogen) atoms. The average Bonchev–Trinajstić information content (AvgIpc) is 1.69. The molecule has 0 aromatic rings. The van der Waals surface area contributed by atoms with Crippen molar-refractivity contribution < 1.29 is 0 Å². The van der Waals surface area contributed by atoms with Gasteiger partial charge in [-0.3, -0.25) is 0 Å². The second-order valence-corrected chi connectivity index (χ2v) is 0.796. The highest BCUT2D eigenvalue weighted by atomic mass is 35.5. The van der Waals surface area contributed by atoms with Gasteiger partial charge in [0.05, 0.1) is 6.07 Å². The van der Waals surface area contributed by atoms with Crippen LogP contribution in [-0.4, -0.2) is 0 Å². The van der Waals surface area contributed by atoms with E-state index in [0.717, 1.165) is 0 Å². The molecule has 0 rings (SSSR count). The summed E-state index contributed by atoms with van der Waals surface area (Å²) >= 11 is 4.76. The van der Waals surface area contributed by atoms with Gasteiger partial charge in [0.15, 0.2) is 0 Å². The minimum Gasteiger partial charge on any atom is -0.193 e. The predicted octanol–water partition coefficient (Wildman–Crippen LogP) is 2.49. The molecule has 0 saturated carbocycles. The Morgan fingerprint density at radius 2 is 1.62 bits per heavy atom. The van der Waals surface area contributed by atoms with Crippen LogP contribution in [-0.2, 0) is 0 Å². The zero-order chi connectivity index (χ0) is 6.12.